The van der Waals surface area contributed by atoms with Gasteiger partial charge in [-0.2, -0.15) is 0 Å². The number of amidine groups is 2. The van der Waals surface area contributed by atoms with E-state index in [9.17, 15) is 9.18 Å². The van der Waals surface area contributed by atoms with E-state index in [4.69, 9.17) is 10.8 Å². The van der Waals surface area contributed by atoms with E-state index >= 15 is 0 Å². The van der Waals surface area contributed by atoms with Gasteiger partial charge in [-0.15, -0.1) is 0 Å². The second kappa shape index (κ2) is 9.89. The summed E-state index contributed by atoms with van der Waals surface area (Å²) in [6.45, 7) is 3.86. The Bertz CT molecular complexity index is 1320. The Morgan fingerprint density at radius 3 is 2.83 bits per heavy atom. The van der Waals surface area contributed by atoms with Gasteiger partial charge in [0.15, 0.2) is 0 Å². The first kappa shape index (κ1) is 23.7. The maximum atomic E-state index is 15.0. The fourth-order valence-corrected chi connectivity index (χ4v) is 4.90. The molecule has 186 valence electrons. The van der Waals surface area contributed by atoms with Crippen LogP contribution in [0.4, 0.5) is 10.2 Å². The number of halogens is 1. The Morgan fingerprint density at radius 1 is 1.22 bits per heavy atom. The highest BCUT2D eigenvalue weighted by molar-refractivity contribution is 6.09. The van der Waals surface area contributed by atoms with Crippen molar-refractivity contribution in [1.82, 2.24) is 15.2 Å². The van der Waals surface area contributed by atoms with Gasteiger partial charge in [-0.1, -0.05) is 24.3 Å². The standard InChI is InChI=1S/C28H29FN6O.H2/c1-18-14-20(27(31)35-12-5-8-25(35)30)6-4-7-24(18)33-28(36)22-15-21-17-34(26-9-2-3-11-32-26)13-10-19(21)16-23(22)29;/h2-4,6-7,9,11,14-16,24,30-31H,5,8,10,12-13,17H2,1H3,(H,33,36);1H. The molecule has 3 heterocycles. The molecule has 0 spiro atoms. The van der Waals surface area contributed by atoms with Crippen molar-refractivity contribution < 1.29 is 10.6 Å². The molecule has 1 aromatic heterocycles. The van der Waals surface area contributed by atoms with Crippen LogP contribution in [0.2, 0.25) is 0 Å². The molecule has 1 unspecified atom stereocenters. The Morgan fingerprint density at radius 2 is 2.08 bits per heavy atom. The van der Waals surface area contributed by atoms with Gasteiger partial charge >= 0.3 is 0 Å². The van der Waals surface area contributed by atoms with E-state index in [0.29, 0.717) is 37.3 Å². The molecule has 8 heteroatoms. The minimum Gasteiger partial charge on any atom is -0.352 e. The third kappa shape index (κ3) is 4.71. The fraction of sp³-hybridized carbons (Fsp3) is 0.286. The molecule has 1 fully saturated rings. The second-order valence-electron chi connectivity index (χ2n) is 9.36. The molecule has 2 aliphatic heterocycles. The molecular weight excluding hydrogens is 455 g/mol. The molecule has 0 bridgehead atoms. The van der Waals surface area contributed by atoms with Crippen molar-refractivity contribution in [2.24, 2.45) is 0 Å². The Kier molecular flexibility index (Phi) is 6.50. The lowest BCUT2D eigenvalue weighted by Crippen LogP contribution is -2.36. The lowest BCUT2D eigenvalue weighted by atomic mass is 9.96. The number of fused-ring (bicyclic) bond motifs is 1. The largest absolute Gasteiger partial charge is 0.352 e. The van der Waals surface area contributed by atoms with Crippen LogP contribution in [-0.2, 0) is 13.0 Å². The zero-order valence-electron chi connectivity index (χ0n) is 20.2. The summed E-state index contributed by atoms with van der Waals surface area (Å²) in [4.78, 5) is 21.4. The van der Waals surface area contributed by atoms with E-state index in [2.05, 4.69) is 15.2 Å². The Labute approximate surface area is 211 Å². The summed E-state index contributed by atoms with van der Waals surface area (Å²) >= 11 is 0. The molecule has 1 amide bonds. The first-order valence-corrected chi connectivity index (χ1v) is 12.2. The molecule has 1 saturated heterocycles. The predicted molar refractivity (Wildman–Crippen MR) is 141 cm³/mol. The van der Waals surface area contributed by atoms with Crippen LogP contribution in [0.15, 0.2) is 72.0 Å². The number of nitrogens with one attached hydrogen (secondary N) is 3. The van der Waals surface area contributed by atoms with Gasteiger partial charge in [-0.25, -0.2) is 9.37 Å². The van der Waals surface area contributed by atoms with Gasteiger partial charge in [0.25, 0.3) is 5.91 Å². The van der Waals surface area contributed by atoms with Crippen LogP contribution in [0, 0.1) is 16.6 Å². The average Bonchev–Trinajstić information content (AvgIpc) is 3.23. The number of carbonyl (C=O) groups excluding carboxylic acids is 1. The monoisotopic (exact) mass is 486 g/mol. The van der Waals surface area contributed by atoms with Gasteiger partial charge < -0.3 is 15.1 Å². The number of likely N-dealkylation sites (tertiary alicyclic amines) is 1. The van der Waals surface area contributed by atoms with Crippen LogP contribution in [-0.4, -0.2) is 46.6 Å². The van der Waals surface area contributed by atoms with Crippen LogP contribution in [0.1, 0.15) is 42.7 Å². The Hall–Kier alpha value is -4.07. The quantitative estimate of drug-likeness (QED) is 0.434. The van der Waals surface area contributed by atoms with Crippen molar-refractivity contribution in [3.63, 3.8) is 0 Å². The van der Waals surface area contributed by atoms with Crippen molar-refractivity contribution in [3.8, 4) is 0 Å². The predicted octanol–water partition coefficient (Wildman–Crippen LogP) is 4.62. The summed E-state index contributed by atoms with van der Waals surface area (Å²) in [5.41, 5.74) is 3.38. The Balaban J connectivity index is 0.00000320. The molecule has 1 aromatic carbocycles. The average molecular weight is 487 g/mol. The molecule has 7 nitrogen and oxygen atoms in total. The van der Waals surface area contributed by atoms with Gasteiger partial charge in [-0.3, -0.25) is 15.6 Å². The number of benzene rings is 1. The number of allylic oxidation sites excluding steroid dienone is 2. The van der Waals surface area contributed by atoms with Gasteiger partial charge in [-0.05, 0) is 66.8 Å². The van der Waals surface area contributed by atoms with Crippen LogP contribution in [0.25, 0.3) is 0 Å². The number of nitrogens with zero attached hydrogens (tertiary/aromatic N) is 3. The summed E-state index contributed by atoms with van der Waals surface area (Å²) in [7, 11) is 0. The maximum absolute atomic E-state index is 15.0. The highest BCUT2D eigenvalue weighted by Crippen LogP contribution is 2.26. The number of anilines is 1. The molecule has 5 rings (SSSR count). The molecule has 1 atom stereocenters. The molecule has 0 radical (unpaired) electrons. The van der Waals surface area contributed by atoms with E-state index in [1.54, 1.807) is 23.2 Å². The molecule has 2 aromatic rings. The summed E-state index contributed by atoms with van der Waals surface area (Å²) in [5, 5.41) is 19.5. The fourth-order valence-electron chi connectivity index (χ4n) is 4.90. The zero-order chi connectivity index (χ0) is 25.2. The van der Waals surface area contributed by atoms with Crippen molar-refractivity contribution in [2.45, 2.75) is 38.8 Å². The van der Waals surface area contributed by atoms with E-state index in [-0.39, 0.29) is 12.8 Å². The molecule has 3 N–H and O–H groups in total. The van der Waals surface area contributed by atoms with Crippen LogP contribution in [0.5, 0.6) is 0 Å². The van der Waals surface area contributed by atoms with Crippen LogP contribution < -0.4 is 10.2 Å². The molecule has 36 heavy (non-hydrogen) atoms. The highest BCUT2D eigenvalue weighted by Gasteiger charge is 2.25. The highest BCUT2D eigenvalue weighted by atomic mass is 19.1. The van der Waals surface area contributed by atoms with E-state index in [0.717, 1.165) is 35.5 Å². The van der Waals surface area contributed by atoms with Gasteiger partial charge in [0, 0.05) is 39.3 Å². The summed E-state index contributed by atoms with van der Waals surface area (Å²) in [5.74, 6) is 0.597. The number of aromatic nitrogens is 1. The number of pyridine rings is 1. The summed E-state index contributed by atoms with van der Waals surface area (Å²) in [6.07, 6.45) is 11.3. The topological polar surface area (TPSA) is 96.2 Å². The van der Waals surface area contributed by atoms with E-state index in [1.165, 1.54) is 6.07 Å². The molecular formula is C28H31FN6O. The molecule has 3 aliphatic rings. The van der Waals surface area contributed by atoms with Crippen molar-refractivity contribution >= 4 is 23.4 Å². The maximum Gasteiger partial charge on any atom is 0.254 e. The lowest BCUT2D eigenvalue weighted by Gasteiger charge is -2.30. The first-order chi connectivity index (χ1) is 17.4. The number of amides is 1. The smallest absolute Gasteiger partial charge is 0.254 e. The molecule has 0 saturated carbocycles. The number of hydrogen-bond donors (Lipinski definition) is 3. The summed E-state index contributed by atoms with van der Waals surface area (Å²) < 4.78 is 15.0. The normalized spacial score (nSPS) is 19.4. The first-order valence-electron chi connectivity index (χ1n) is 12.2. The second-order valence-corrected chi connectivity index (χ2v) is 9.36. The van der Waals surface area contributed by atoms with Crippen molar-refractivity contribution in [2.75, 3.05) is 18.0 Å². The summed E-state index contributed by atoms with van der Waals surface area (Å²) in [6, 6.07) is 8.47. The third-order valence-electron chi connectivity index (χ3n) is 6.92. The zero-order valence-corrected chi connectivity index (χ0v) is 20.2. The van der Waals surface area contributed by atoms with Crippen LogP contribution in [0.3, 0.4) is 0 Å². The molecule has 1 aliphatic carbocycles. The van der Waals surface area contributed by atoms with Gasteiger partial charge in [0.05, 0.1) is 11.6 Å². The van der Waals surface area contributed by atoms with Gasteiger partial charge in [0.1, 0.15) is 23.3 Å². The SMILES string of the molecule is CC1=CC(C(=N)N2CCCC2=N)=CC=CC1NC(=O)c1cc2c(cc1F)CCN(c1ccccn1)C2.[HH]. The third-order valence-corrected chi connectivity index (χ3v) is 6.92. The minimum absolute atomic E-state index is 0. The van der Waals surface area contributed by atoms with Gasteiger partial charge in [0.2, 0.25) is 0 Å². The van der Waals surface area contributed by atoms with E-state index < -0.39 is 17.8 Å². The lowest BCUT2D eigenvalue weighted by molar-refractivity contribution is 0.0944. The number of hydrogen-bond acceptors (Lipinski definition) is 5. The van der Waals surface area contributed by atoms with Crippen molar-refractivity contribution in [1.29, 1.82) is 10.8 Å². The van der Waals surface area contributed by atoms with Crippen LogP contribution >= 0.6 is 0 Å². The van der Waals surface area contributed by atoms with E-state index in [1.807, 2.05) is 43.4 Å². The van der Waals surface area contributed by atoms with Crippen molar-refractivity contribution in [3.05, 3.63) is 94.5 Å². The number of rotatable bonds is 4. The number of carbonyl (C=O) groups is 1. The minimum atomic E-state index is -0.523.